The topological polar surface area (TPSA) is 67.2 Å². The Balaban J connectivity index is 3.38. The van der Waals surface area contributed by atoms with Crippen LogP contribution in [0.1, 0.15) is 6.92 Å². The highest BCUT2D eigenvalue weighted by Crippen LogP contribution is 1.72. The number of nitrogens with two attached hydrogens (primary N) is 1. The molecular weight excluding hydrogens is 194 g/mol. The van der Waals surface area contributed by atoms with Crippen molar-refractivity contribution < 1.29 is 4.79 Å². The first-order chi connectivity index (χ1) is 5.54. The van der Waals surface area contributed by atoms with E-state index in [9.17, 15) is 4.79 Å². The van der Waals surface area contributed by atoms with Crippen LogP contribution in [-0.4, -0.2) is 29.0 Å². The molecule has 68 valence electrons. The molecule has 0 aliphatic carbocycles. The van der Waals surface area contributed by atoms with E-state index >= 15 is 0 Å². The van der Waals surface area contributed by atoms with Crippen LogP contribution in [-0.2, 0) is 4.79 Å². The minimum absolute atomic E-state index is 0.0713. The SMILES string of the molecule is CC(=O)NCCNC(=S)C(N)=S. The van der Waals surface area contributed by atoms with Gasteiger partial charge in [-0.3, -0.25) is 4.79 Å². The van der Waals surface area contributed by atoms with Crippen LogP contribution in [0.2, 0.25) is 0 Å². The molecule has 0 aliphatic heterocycles. The maximum atomic E-state index is 10.4. The molecule has 0 aromatic heterocycles. The zero-order valence-corrected chi connectivity index (χ0v) is 8.35. The van der Waals surface area contributed by atoms with Crippen LogP contribution in [0.25, 0.3) is 0 Å². The van der Waals surface area contributed by atoms with E-state index in [0.29, 0.717) is 18.1 Å². The molecule has 4 N–H and O–H groups in total. The van der Waals surface area contributed by atoms with E-state index in [1.807, 2.05) is 0 Å². The Morgan fingerprint density at radius 1 is 1.33 bits per heavy atom. The van der Waals surface area contributed by atoms with E-state index in [1.165, 1.54) is 6.92 Å². The minimum atomic E-state index is -0.0713. The predicted molar refractivity (Wildman–Crippen MR) is 56.1 cm³/mol. The highest BCUT2D eigenvalue weighted by atomic mass is 32.1. The summed E-state index contributed by atoms with van der Waals surface area (Å²) in [6.07, 6.45) is 0. The first kappa shape index (κ1) is 11.2. The third kappa shape index (κ3) is 5.99. The molecule has 4 nitrogen and oxygen atoms in total. The van der Waals surface area contributed by atoms with E-state index in [-0.39, 0.29) is 10.9 Å². The molecule has 0 fully saturated rings. The number of thiocarbonyl (C=S) groups is 2. The lowest BCUT2D eigenvalue weighted by Gasteiger charge is -2.05. The van der Waals surface area contributed by atoms with Crippen molar-refractivity contribution in [1.29, 1.82) is 0 Å². The lowest BCUT2D eigenvalue weighted by Crippen LogP contribution is -2.38. The quantitative estimate of drug-likeness (QED) is 0.421. The number of hydrogen-bond donors (Lipinski definition) is 3. The fraction of sp³-hybridized carbons (Fsp3) is 0.500. The van der Waals surface area contributed by atoms with Gasteiger partial charge in [-0.15, -0.1) is 0 Å². The summed E-state index contributed by atoms with van der Waals surface area (Å²) in [5.41, 5.74) is 5.22. The van der Waals surface area contributed by atoms with Gasteiger partial charge in [-0.2, -0.15) is 0 Å². The zero-order chi connectivity index (χ0) is 9.56. The fourth-order valence-electron chi connectivity index (χ4n) is 0.502. The maximum Gasteiger partial charge on any atom is 0.216 e. The molecule has 0 aromatic rings. The lowest BCUT2D eigenvalue weighted by molar-refractivity contribution is -0.118. The van der Waals surface area contributed by atoms with Gasteiger partial charge in [-0.05, 0) is 0 Å². The number of carbonyl (C=O) groups is 1. The summed E-state index contributed by atoms with van der Waals surface area (Å²) < 4.78 is 0. The molecule has 0 unspecified atom stereocenters. The van der Waals surface area contributed by atoms with Crippen LogP contribution in [0.15, 0.2) is 0 Å². The average Bonchev–Trinajstić information content (AvgIpc) is 1.97. The van der Waals surface area contributed by atoms with Crippen molar-refractivity contribution in [3.63, 3.8) is 0 Å². The molecule has 12 heavy (non-hydrogen) atoms. The second-order valence-electron chi connectivity index (χ2n) is 2.10. The van der Waals surface area contributed by atoms with Gasteiger partial charge in [0.1, 0.15) is 9.98 Å². The van der Waals surface area contributed by atoms with Gasteiger partial charge < -0.3 is 16.4 Å². The van der Waals surface area contributed by atoms with Crippen molar-refractivity contribution >= 4 is 40.3 Å². The van der Waals surface area contributed by atoms with Crippen LogP contribution < -0.4 is 16.4 Å². The van der Waals surface area contributed by atoms with Crippen molar-refractivity contribution in [2.45, 2.75) is 6.92 Å². The van der Waals surface area contributed by atoms with Crippen LogP contribution in [0.5, 0.6) is 0 Å². The van der Waals surface area contributed by atoms with Crippen LogP contribution in [0.3, 0.4) is 0 Å². The van der Waals surface area contributed by atoms with Gasteiger partial charge in [0.15, 0.2) is 0 Å². The van der Waals surface area contributed by atoms with Crippen molar-refractivity contribution in [1.82, 2.24) is 10.6 Å². The molecular formula is C6H11N3OS2. The van der Waals surface area contributed by atoms with Gasteiger partial charge in [0, 0.05) is 20.0 Å². The smallest absolute Gasteiger partial charge is 0.216 e. The second-order valence-corrected chi connectivity index (χ2v) is 2.95. The second kappa shape index (κ2) is 5.84. The third-order valence-electron chi connectivity index (χ3n) is 1.01. The molecule has 0 atom stereocenters. The minimum Gasteiger partial charge on any atom is -0.388 e. The van der Waals surface area contributed by atoms with E-state index in [4.69, 9.17) is 18.0 Å². The predicted octanol–water partition coefficient (Wildman–Crippen LogP) is -0.674. The average molecular weight is 205 g/mol. The molecule has 0 radical (unpaired) electrons. The molecule has 0 rings (SSSR count). The first-order valence-electron chi connectivity index (χ1n) is 3.36. The van der Waals surface area contributed by atoms with Crippen LogP contribution in [0.4, 0.5) is 0 Å². The van der Waals surface area contributed by atoms with Gasteiger partial charge in [0.05, 0.1) is 0 Å². The molecule has 6 heteroatoms. The Hall–Kier alpha value is -0.750. The molecule has 0 bridgehead atoms. The van der Waals surface area contributed by atoms with Crippen molar-refractivity contribution in [3.8, 4) is 0 Å². The molecule has 1 amide bonds. The summed E-state index contributed by atoms with van der Waals surface area (Å²) in [5.74, 6) is -0.0713. The van der Waals surface area contributed by atoms with Crippen LogP contribution in [0, 0.1) is 0 Å². The number of amides is 1. The van der Waals surface area contributed by atoms with Gasteiger partial charge in [0.25, 0.3) is 0 Å². The molecule has 0 saturated carbocycles. The van der Waals surface area contributed by atoms with E-state index < -0.39 is 0 Å². The molecule has 0 saturated heterocycles. The Bertz CT molecular complexity index is 205. The monoisotopic (exact) mass is 205 g/mol. The molecule has 0 heterocycles. The maximum absolute atomic E-state index is 10.4. The lowest BCUT2D eigenvalue weighted by atomic mass is 10.5. The number of carbonyl (C=O) groups excluding carboxylic acids is 1. The van der Waals surface area contributed by atoms with Gasteiger partial charge >= 0.3 is 0 Å². The highest BCUT2D eigenvalue weighted by Gasteiger charge is 1.97. The highest BCUT2D eigenvalue weighted by molar-refractivity contribution is 7.89. The Morgan fingerprint density at radius 3 is 2.25 bits per heavy atom. The molecule has 0 aromatic carbocycles. The van der Waals surface area contributed by atoms with Crippen molar-refractivity contribution in [3.05, 3.63) is 0 Å². The Morgan fingerprint density at radius 2 is 1.83 bits per heavy atom. The summed E-state index contributed by atoms with van der Waals surface area (Å²) in [6.45, 7) is 2.50. The van der Waals surface area contributed by atoms with E-state index in [0.717, 1.165) is 0 Å². The van der Waals surface area contributed by atoms with Crippen molar-refractivity contribution in [2.75, 3.05) is 13.1 Å². The largest absolute Gasteiger partial charge is 0.388 e. The number of rotatable bonds is 3. The molecule has 0 spiro atoms. The summed E-state index contributed by atoms with van der Waals surface area (Å²) in [6, 6.07) is 0. The van der Waals surface area contributed by atoms with Gasteiger partial charge in [-0.25, -0.2) is 0 Å². The van der Waals surface area contributed by atoms with E-state index in [1.54, 1.807) is 0 Å². The number of hydrogen-bond acceptors (Lipinski definition) is 3. The fourth-order valence-corrected chi connectivity index (χ4v) is 0.676. The van der Waals surface area contributed by atoms with Crippen molar-refractivity contribution in [2.24, 2.45) is 5.73 Å². The summed E-state index contributed by atoms with van der Waals surface area (Å²) in [7, 11) is 0. The Kier molecular flexibility index (Phi) is 5.48. The summed E-state index contributed by atoms with van der Waals surface area (Å²) >= 11 is 9.37. The van der Waals surface area contributed by atoms with Gasteiger partial charge in [0.2, 0.25) is 5.91 Å². The van der Waals surface area contributed by atoms with E-state index in [2.05, 4.69) is 22.9 Å². The van der Waals surface area contributed by atoms with Crippen LogP contribution >= 0.6 is 24.4 Å². The Labute approximate surface area is 81.9 Å². The first-order valence-corrected chi connectivity index (χ1v) is 4.17. The molecule has 0 aliphatic rings. The summed E-state index contributed by atoms with van der Waals surface area (Å²) in [5, 5.41) is 5.38. The number of nitrogens with one attached hydrogen (secondary N) is 2. The normalized spacial score (nSPS) is 8.75. The van der Waals surface area contributed by atoms with Gasteiger partial charge in [-0.1, -0.05) is 24.4 Å². The summed E-state index contributed by atoms with van der Waals surface area (Å²) in [4.78, 5) is 10.9. The third-order valence-corrected chi connectivity index (χ3v) is 1.71. The zero-order valence-electron chi connectivity index (χ0n) is 6.72. The standard InChI is InChI=1S/C6H11N3OS2/c1-4(10)8-2-3-9-6(12)5(7)11/h2-3H2,1H3,(H2,7,11)(H,8,10)(H,9,12).